The van der Waals surface area contributed by atoms with Crippen LogP contribution in [0.3, 0.4) is 0 Å². The maximum absolute atomic E-state index is 11.5. The number of methoxy groups -OCH3 is 1. The minimum Gasteiger partial charge on any atom is -0.469 e. The maximum Gasteiger partial charge on any atom is 0.308 e. The molecule has 2 aliphatic rings. The first-order chi connectivity index (χ1) is 16.9. The van der Waals surface area contributed by atoms with Gasteiger partial charge in [-0.05, 0) is 24.5 Å². The van der Waals surface area contributed by atoms with Gasteiger partial charge in [-0.15, -0.1) is 0 Å². The highest BCUT2D eigenvalue weighted by Crippen LogP contribution is 2.42. The van der Waals surface area contributed by atoms with Crippen LogP contribution in [-0.2, 0) is 25.6 Å². The van der Waals surface area contributed by atoms with Crippen molar-refractivity contribution < 1.29 is 19.1 Å². The molecule has 3 aromatic heterocycles. The van der Waals surface area contributed by atoms with Crippen LogP contribution in [0, 0.1) is 5.41 Å². The average Bonchev–Trinajstić information content (AvgIpc) is 3.31. The fraction of sp³-hybridized carbons (Fsp3) is 0.478. The number of aromatic amines is 1. The summed E-state index contributed by atoms with van der Waals surface area (Å²) in [7, 11) is 1.40. The number of nitrogens with zero attached hydrogens (tertiary/aromatic N) is 5. The molecule has 1 unspecified atom stereocenters. The summed E-state index contributed by atoms with van der Waals surface area (Å²) in [5.41, 5.74) is 2.33. The Morgan fingerprint density at radius 2 is 2.14 bits per heavy atom. The number of hydrogen-bond donors (Lipinski definition) is 3. The highest BCUT2D eigenvalue weighted by Gasteiger charge is 2.47. The molecule has 0 saturated carbocycles. The van der Waals surface area contributed by atoms with Crippen LogP contribution in [0.1, 0.15) is 31.7 Å². The Hall–Kier alpha value is -3.80. The Kier molecular flexibility index (Phi) is 6.20. The van der Waals surface area contributed by atoms with Crippen molar-refractivity contribution in [2.75, 3.05) is 42.3 Å². The summed E-state index contributed by atoms with van der Waals surface area (Å²) in [6.45, 7) is 4.14. The summed E-state index contributed by atoms with van der Waals surface area (Å²) < 4.78 is 10.7. The maximum atomic E-state index is 11.5. The molecule has 5 rings (SSSR count). The van der Waals surface area contributed by atoms with Crippen LogP contribution < -0.4 is 15.5 Å². The van der Waals surface area contributed by atoms with Crippen LogP contribution in [0.2, 0.25) is 0 Å². The number of carbonyl (C=O) groups excluding carboxylic acids is 2. The number of aromatic nitrogens is 5. The van der Waals surface area contributed by atoms with Crippen LogP contribution in [0.4, 0.5) is 17.6 Å². The van der Waals surface area contributed by atoms with Gasteiger partial charge in [0.15, 0.2) is 11.5 Å². The molecule has 2 aliphatic heterocycles. The van der Waals surface area contributed by atoms with Crippen molar-refractivity contribution in [2.45, 2.75) is 38.8 Å². The molecule has 0 aliphatic carbocycles. The first kappa shape index (κ1) is 23.0. The molecule has 35 heavy (non-hydrogen) atoms. The lowest BCUT2D eigenvalue weighted by molar-refractivity contribution is -0.147. The van der Waals surface area contributed by atoms with Crippen LogP contribution in [-0.4, -0.2) is 69.7 Å². The number of ether oxygens (including phenoxy) is 2. The SMILES string of the molecule is COC(=O)CC1CCC2(CO1)CN(c1nc(NCc3ccc(NC(C)=O)nc3)c3[nH]cnc3n1)C2. The van der Waals surface area contributed by atoms with Crippen molar-refractivity contribution in [1.29, 1.82) is 0 Å². The summed E-state index contributed by atoms with van der Waals surface area (Å²) in [6.07, 6.45) is 5.37. The van der Waals surface area contributed by atoms with Gasteiger partial charge in [-0.2, -0.15) is 9.97 Å². The lowest BCUT2D eigenvalue weighted by Crippen LogP contribution is -2.61. The number of anilines is 3. The number of imidazole rings is 1. The van der Waals surface area contributed by atoms with Crippen LogP contribution >= 0.6 is 0 Å². The van der Waals surface area contributed by atoms with Gasteiger partial charge < -0.3 is 30.0 Å². The molecular formula is C23H28N8O4. The van der Waals surface area contributed by atoms with E-state index in [1.807, 2.05) is 6.07 Å². The lowest BCUT2D eigenvalue weighted by atomic mass is 9.74. The van der Waals surface area contributed by atoms with Gasteiger partial charge in [0.2, 0.25) is 11.9 Å². The number of fused-ring (bicyclic) bond motifs is 1. The highest BCUT2D eigenvalue weighted by molar-refractivity contribution is 5.87. The Labute approximate surface area is 201 Å². The topological polar surface area (TPSA) is 147 Å². The molecule has 3 N–H and O–H groups in total. The van der Waals surface area contributed by atoms with E-state index in [-0.39, 0.29) is 23.4 Å². The minimum atomic E-state index is -0.235. The third-order valence-electron chi connectivity index (χ3n) is 6.44. The molecule has 12 nitrogen and oxygen atoms in total. The summed E-state index contributed by atoms with van der Waals surface area (Å²) >= 11 is 0. The number of amides is 1. The largest absolute Gasteiger partial charge is 0.469 e. The second-order valence-electron chi connectivity index (χ2n) is 9.17. The molecule has 1 amide bonds. The van der Waals surface area contributed by atoms with E-state index in [4.69, 9.17) is 14.5 Å². The van der Waals surface area contributed by atoms with E-state index in [0.717, 1.165) is 37.0 Å². The predicted molar refractivity (Wildman–Crippen MR) is 128 cm³/mol. The van der Waals surface area contributed by atoms with E-state index in [1.54, 1.807) is 18.6 Å². The Morgan fingerprint density at radius 3 is 2.83 bits per heavy atom. The zero-order chi connectivity index (χ0) is 24.4. The number of rotatable bonds is 7. The van der Waals surface area contributed by atoms with Gasteiger partial charge in [0.1, 0.15) is 11.3 Å². The smallest absolute Gasteiger partial charge is 0.308 e. The number of hydrogen-bond acceptors (Lipinski definition) is 10. The molecular weight excluding hydrogens is 452 g/mol. The van der Waals surface area contributed by atoms with Gasteiger partial charge >= 0.3 is 5.97 Å². The van der Waals surface area contributed by atoms with Crippen molar-refractivity contribution in [3.05, 3.63) is 30.2 Å². The van der Waals surface area contributed by atoms with Gasteiger partial charge in [0, 0.05) is 38.2 Å². The van der Waals surface area contributed by atoms with Gasteiger partial charge in [-0.1, -0.05) is 6.07 Å². The molecule has 1 spiro atoms. The lowest BCUT2D eigenvalue weighted by Gasteiger charge is -2.52. The van der Waals surface area contributed by atoms with Gasteiger partial charge in [-0.3, -0.25) is 9.59 Å². The van der Waals surface area contributed by atoms with E-state index in [0.29, 0.717) is 42.8 Å². The summed E-state index contributed by atoms with van der Waals surface area (Å²) in [5, 5.41) is 6.01. The fourth-order valence-corrected chi connectivity index (χ4v) is 4.56. The number of pyridine rings is 1. The molecule has 0 aromatic carbocycles. The van der Waals surface area contributed by atoms with Crippen molar-refractivity contribution >= 4 is 40.6 Å². The van der Waals surface area contributed by atoms with Gasteiger partial charge in [-0.25, -0.2) is 9.97 Å². The van der Waals surface area contributed by atoms with E-state index < -0.39 is 0 Å². The Morgan fingerprint density at radius 1 is 1.29 bits per heavy atom. The van der Waals surface area contributed by atoms with Crippen LogP contribution in [0.15, 0.2) is 24.7 Å². The van der Waals surface area contributed by atoms with Crippen molar-refractivity contribution in [3.8, 4) is 0 Å². The number of nitrogens with one attached hydrogen (secondary N) is 3. The quantitative estimate of drug-likeness (QED) is 0.428. The summed E-state index contributed by atoms with van der Waals surface area (Å²) in [6, 6.07) is 3.66. The van der Waals surface area contributed by atoms with Crippen molar-refractivity contribution in [2.24, 2.45) is 5.41 Å². The molecule has 2 fully saturated rings. The van der Waals surface area contributed by atoms with Crippen LogP contribution in [0.5, 0.6) is 0 Å². The number of esters is 1. The summed E-state index contributed by atoms with van der Waals surface area (Å²) in [5.74, 6) is 1.39. The van der Waals surface area contributed by atoms with E-state index in [1.165, 1.54) is 14.0 Å². The Bertz CT molecular complexity index is 1210. The first-order valence-electron chi connectivity index (χ1n) is 11.5. The minimum absolute atomic E-state index is 0.0609. The van der Waals surface area contributed by atoms with E-state index >= 15 is 0 Å². The second kappa shape index (κ2) is 9.45. The molecule has 3 aromatic rings. The molecule has 0 bridgehead atoms. The molecule has 0 radical (unpaired) electrons. The van der Waals surface area contributed by atoms with E-state index in [2.05, 4.69) is 35.5 Å². The molecule has 5 heterocycles. The van der Waals surface area contributed by atoms with Crippen molar-refractivity contribution in [3.63, 3.8) is 0 Å². The number of carbonyl (C=O) groups is 2. The van der Waals surface area contributed by atoms with Gasteiger partial charge in [0.25, 0.3) is 0 Å². The summed E-state index contributed by atoms with van der Waals surface area (Å²) in [4.78, 5) is 45.9. The molecule has 12 heteroatoms. The predicted octanol–water partition coefficient (Wildman–Crippen LogP) is 1.87. The number of H-pyrrole nitrogens is 1. The first-order valence-corrected chi connectivity index (χ1v) is 11.5. The monoisotopic (exact) mass is 480 g/mol. The van der Waals surface area contributed by atoms with E-state index in [9.17, 15) is 9.59 Å². The molecule has 2 saturated heterocycles. The zero-order valence-corrected chi connectivity index (χ0v) is 19.7. The third-order valence-corrected chi connectivity index (χ3v) is 6.44. The zero-order valence-electron chi connectivity index (χ0n) is 19.7. The van der Waals surface area contributed by atoms with Crippen molar-refractivity contribution in [1.82, 2.24) is 24.9 Å². The highest BCUT2D eigenvalue weighted by atomic mass is 16.5. The third kappa shape index (κ3) is 5.02. The molecule has 184 valence electrons. The van der Waals surface area contributed by atoms with Crippen LogP contribution in [0.25, 0.3) is 11.2 Å². The van der Waals surface area contributed by atoms with Gasteiger partial charge in [0.05, 0.1) is 32.6 Å². The normalized spacial score (nSPS) is 18.8. The molecule has 1 atom stereocenters. The second-order valence-corrected chi connectivity index (χ2v) is 9.17. The standard InChI is InChI=1S/C23H28N8O4/c1-14(32)28-17-4-3-15(8-24-17)9-25-20-19-21(27-13-26-19)30-22(29-20)31-10-23(11-31)6-5-16(35-12-23)7-18(33)34-2/h3-4,8,13,16H,5-7,9-12H2,1-2H3,(H,24,28,32)(H2,25,26,27,29,30). The fourth-order valence-electron chi connectivity index (χ4n) is 4.56. The Balaban J connectivity index is 1.22. The average molecular weight is 481 g/mol.